The van der Waals surface area contributed by atoms with Crippen molar-refractivity contribution in [3.05, 3.63) is 24.4 Å². The molecule has 0 aliphatic rings. The van der Waals surface area contributed by atoms with Crippen LogP contribution in [0.3, 0.4) is 0 Å². The number of amides is 1. The fourth-order valence-corrected chi connectivity index (χ4v) is 0.542. The molecule has 5 nitrogen and oxygen atoms in total. The summed E-state index contributed by atoms with van der Waals surface area (Å²) >= 11 is 0. The molecule has 0 spiro atoms. The Morgan fingerprint density at radius 2 is 2.00 bits per heavy atom. The Balaban J connectivity index is 4.66. The lowest BCUT2D eigenvalue weighted by Crippen LogP contribution is -2.28. The minimum atomic E-state index is -1.38. The number of hydrogen-bond acceptors (Lipinski definition) is 3. The molecule has 2 N–H and O–H groups in total. The highest BCUT2D eigenvalue weighted by molar-refractivity contribution is 5.95. The Morgan fingerprint density at radius 1 is 1.50 bits per heavy atom. The molecular weight excluding hydrogens is 162 g/mol. The third-order valence-corrected chi connectivity index (χ3v) is 1.10. The van der Waals surface area contributed by atoms with Crippen LogP contribution in [-0.4, -0.2) is 27.3 Å². The van der Waals surface area contributed by atoms with Crippen LogP contribution < -0.4 is 0 Å². The number of nitrogens with zero attached hydrogens (tertiary/aromatic N) is 1. The van der Waals surface area contributed by atoms with Gasteiger partial charge in [-0.25, -0.2) is 4.79 Å². The van der Waals surface area contributed by atoms with Gasteiger partial charge in [-0.1, -0.05) is 12.7 Å². The number of hydroxylamine groups is 2. The number of rotatable bonds is 3. The highest BCUT2D eigenvalue weighted by Gasteiger charge is 2.17. The van der Waals surface area contributed by atoms with Gasteiger partial charge in [-0.15, -0.1) is 0 Å². The first-order chi connectivity index (χ1) is 5.54. The Kier molecular flexibility index (Phi) is 3.72. The normalized spacial score (nSPS) is 10.7. The zero-order valence-electron chi connectivity index (χ0n) is 6.52. The second-order valence-electron chi connectivity index (χ2n) is 1.83. The van der Waals surface area contributed by atoms with E-state index in [4.69, 9.17) is 10.3 Å². The monoisotopic (exact) mass is 171 g/mol. The van der Waals surface area contributed by atoms with E-state index in [1.807, 2.05) is 0 Å². The second kappa shape index (κ2) is 4.30. The first kappa shape index (κ1) is 10.4. The molecule has 0 unspecified atom stereocenters. The first-order valence-corrected chi connectivity index (χ1v) is 3.09. The predicted octanol–water partition coefficient (Wildman–Crippen LogP) is 0.379. The van der Waals surface area contributed by atoms with E-state index in [9.17, 15) is 9.59 Å². The van der Waals surface area contributed by atoms with Crippen LogP contribution in [0, 0.1) is 0 Å². The van der Waals surface area contributed by atoms with Crippen molar-refractivity contribution in [1.29, 1.82) is 0 Å². The molecule has 0 aromatic rings. The van der Waals surface area contributed by atoms with Crippen molar-refractivity contribution in [3.63, 3.8) is 0 Å². The van der Waals surface area contributed by atoms with Gasteiger partial charge in [-0.3, -0.25) is 10.0 Å². The smallest absolute Gasteiger partial charge is 0.354 e. The van der Waals surface area contributed by atoms with Gasteiger partial charge in [-0.05, 0) is 13.0 Å². The summed E-state index contributed by atoms with van der Waals surface area (Å²) in [6, 6.07) is 0. The molecule has 0 aliphatic carbocycles. The number of aliphatic carboxylic acids is 1. The van der Waals surface area contributed by atoms with Gasteiger partial charge < -0.3 is 5.11 Å². The van der Waals surface area contributed by atoms with E-state index in [1.165, 1.54) is 6.92 Å². The fourth-order valence-electron chi connectivity index (χ4n) is 0.542. The van der Waals surface area contributed by atoms with E-state index in [-0.39, 0.29) is 5.06 Å². The van der Waals surface area contributed by atoms with Gasteiger partial charge in [0, 0.05) is 0 Å². The summed E-state index contributed by atoms with van der Waals surface area (Å²) in [6.45, 7) is 4.48. The summed E-state index contributed by atoms with van der Waals surface area (Å²) < 4.78 is 0. The van der Waals surface area contributed by atoms with Crippen LogP contribution >= 0.6 is 0 Å². The van der Waals surface area contributed by atoms with E-state index in [0.717, 1.165) is 12.2 Å². The van der Waals surface area contributed by atoms with Crippen molar-refractivity contribution < 1.29 is 19.9 Å². The van der Waals surface area contributed by atoms with Gasteiger partial charge >= 0.3 is 5.97 Å². The average Bonchev–Trinajstić information content (AvgIpc) is 2.03. The lowest BCUT2D eigenvalue weighted by molar-refractivity contribution is -0.159. The summed E-state index contributed by atoms with van der Waals surface area (Å²) in [5, 5.41) is 17.4. The molecule has 1 amide bonds. The predicted molar refractivity (Wildman–Crippen MR) is 40.2 cm³/mol. The van der Waals surface area contributed by atoms with E-state index >= 15 is 0 Å². The van der Waals surface area contributed by atoms with Crippen LogP contribution in [0.2, 0.25) is 0 Å². The molecule has 0 aliphatic heterocycles. The van der Waals surface area contributed by atoms with Crippen LogP contribution in [0.5, 0.6) is 0 Å². The van der Waals surface area contributed by atoms with Crippen molar-refractivity contribution in [2.75, 3.05) is 0 Å². The molecule has 0 heterocycles. The summed E-state index contributed by atoms with van der Waals surface area (Å²) in [6.07, 6.45) is 1.91. The van der Waals surface area contributed by atoms with Crippen molar-refractivity contribution in [2.24, 2.45) is 0 Å². The molecule has 0 atom stereocenters. The molecule has 0 aromatic carbocycles. The summed E-state index contributed by atoms with van der Waals surface area (Å²) in [5.74, 6) is -2.26. The Labute approximate surface area is 69.2 Å². The molecule has 0 rings (SSSR count). The number of hydrogen-bond donors (Lipinski definition) is 2. The molecule has 5 heteroatoms. The van der Waals surface area contributed by atoms with Crippen molar-refractivity contribution in [3.8, 4) is 0 Å². The Morgan fingerprint density at radius 3 is 2.25 bits per heavy atom. The summed E-state index contributed by atoms with van der Waals surface area (Å²) in [7, 11) is 0. The molecular formula is C7H9NO4. The fraction of sp³-hybridized carbons (Fsp3) is 0.143. The molecule has 0 saturated heterocycles. The van der Waals surface area contributed by atoms with Crippen LogP contribution in [0.15, 0.2) is 24.4 Å². The van der Waals surface area contributed by atoms with Crippen LogP contribution in [-0.2, 0) is 9.59 Å². The van der Waals surface area contributed by atoms with Crippen molar-refractivity contribution in [2.45, 2.75) is 6.92 Å². The quantitative estimate of drug-likeness (QED) is 0.365. The third-order valence-electron chi connectivity index (χ3n) is 1.10. The summed E-state index contributed by atoms with van der Waals surface area (Å²) in [4.78, 5) is 21.0. The first-order valence-electron chi connectivity index (χ1n) is 3.09. The van der Waals surface area contributed by atoms with Gasteiger partial charge in [0.2, 0.25) is 0 Å². The second-order valence-corrected chi connectivity index (χ2v) is 1.83. The molecule has 0 aromatic heterocycles. The molecule has 0 fully saturated rings. The number of carbonyl (C=O) groups is 2. The highest BCUT2D eigenvalue weighted by atomic mass is 16.5. The number of carboxylic acids is 1. The molecule has 0 bridgehead atoms. The van der Waals surface area contributed by atoms with E-state index in [2.05, 4.69) is 6.58 Å². The van der Waals surface area contributed by atoms with Gasteiger partial charge in [0.25, 0.3) is 5.91 Å². The van der Waals surface area contributed by atoms with Gasteiger partial charge in [0.05, 0.1) is 0 Å². The van der Waals surface area contributed by atoms with Gasteiger partial charge in [0.15, 0.2) is 5.70 Å². The minimum absolute atomic E-state index is 0.0231. The summed E-state index contributed by atoms with van der Waals surface area (Å²) in [5.41, 5.74) is -0.500. The molecule has 66 valence electrons. The van der Waals surface area contributed by atoms with E-state index < -0.39 is 17.6 Å². The van der Waals surface area contributed by atoms with E-state index in [1.54, 1.807) is 0 Å². The van der Waals surface area contributed by atoms with Gasteiger partial charge in [-0.2, -0.15) is 5.06 Å². The Bertz CT molecular complexity index is 244. The SMILES string of the molecule is C=CC(=O)N(O)/C(=C\C)C(=O)O. The van der Waals surface area contributed by atoms with Crippen molar-refractivity contribution >= 4 is 11.9 Å². The third kappa shape index (κ3) is 2.21. The molecule has 0 saturated carbocycles. The van der Waals surface area contributed by atoms with Crippen LogP contribution in [0.1, 0.15) is 6.92 Å². The standard InChI is InChI=1S/C7H9NO4/c1-3-5(7(10)11)8(12)6(9)4-2/h3-4,12H,2H2,1H3,(H,10,11)/b5-3-. The number of carboxylic acid groups (broad SMARTS) is 1. The lowest BCUT2D eigenvalue weighted by Gasteiger charge is -2.11. The molecule has 0 radical (unpaired) electrons. The van der Waals surface area contributed by atoms with Crippen LogP contribution in [0.25, 0.3) is 0 Å². The highest BCUT2D eigenvalue weighted by Crippen LogP contribution is 2.01. The molecule has 12 heavy (non-hydrogen) atoms. The maximum Gasteiger partial charge on any atom is 0.354 e. The maximum atomic E-state index is 10.7. The lowest BCUT2D eigenvalue weighted by atomic mass is 10.4. The van der Waals surface area contributed by atoms with Gasteiger partial charge in [0.1, 0.15) is 0 Å². The van der Waals surface area contributed by atoms with Crippen LogP contribution in [0.4, 0.5) is 0 Å². The topological polar surface area (TPSA) is 77.8 Å². The van der Waals surface area contributed by atoms with E-state index in [0.29, 0.717) is 0 Å². The largest absolute Gasteiger partial charge is 0.477 e. The zero-order chi connectivity index (χ0) is 9.72. The maximum absolute atomic E-state index is 10.7. The minimum Gasteiger partial charge on any atom is -0.477 e. The number of carbonyl (C=O) groups excluding carboxylic acids is 1. The zero-order valence-corrected chi connectivity index (χ0v) is 6.52. The number of allylic oxidation sites excluding steroid dienone is 1. The Hall–Kier alpha value is -1.62. The average molecular weight is 171 g/mol. The van der Waals surface area contributed by atoms with Crippen molar-refractivity contribution in [1.82, 2.24) is 5.06 Å².